The summed E-state index contributed by atoms with van der Waals surface area (Å²) >= 11 is 0. The fourth-order valence-electron chi connectivity index (χ4n) is 1.44. The van der Waals surface area contributed by atoms with Gasteiger partial charge in [-0.25, -0.2) is 17.9 Å². The summed E-state index contributed by atoms with van der Waals surface area (Å²) in [5.41, 5.74) is 5.38. The lowest BCUT2D eigenvalue weighted by molar-refractivity contribution is -0.139. The van der Waals surface area contributed by atoms with Gasteiger partial charge in [0.1, 0.15) is 6.61 Å². The topological polar surface area (TPSA) is 125 Å². The molecule has 9 heteroatoms. The molecule has 1 aromatic rings. The Morgan fingerprint density at radius 3 is 2.38 bits per heavy atom. The van der Waals surface area contributed by atoms with Crippen LogP contribution in [0.25, 0.3) is 0 Å². The molecule has 0 radical (unpaired) electrons. The van der Waals surface area contributed by atoms with E-state index in [1.807, 2.05) is 0 Å². The number of esters is 1. The van der Waals surface area contributed by atoms with E-state index in [1.54, 1.807) is 0 Å². The minimum absolute atomic E-state index is 0.0372. The van der Waals surface area contributed by atoms with Crippen LogP contribution in [-0.2, 0) is 30.7 Å². The molecule has 1 rings (SSSR count). The molecule has 0 aliphatic carbocycles. The van der Waals surface area contributed by atoms with Gasteiger partial charge in [0, 0.05) is 6.54 Å². The third kappa shape index (κ3) is 5.79. The number of benzene rings is 1. The fourth-order valence-corrected chi connectivity index (χ4v) is 2.45. The molecular weight excluding hydrogens is 300 g/mol. The second-order valence-corrected chi connectivity index (χ2v) is 5.73. The predicted molar refractivity (Wildman–Crippen MR) is 72.9 cm³/mol. The van der Waals surface area contributed by atoms with Crippen LogP contribution in [0.15, 0.2) is 29.2 Å². The summed E-state index contributed by atoms with van der Waals surface area (Å²) in [5, 5.41) is 0. The largest absolute Gasteiger partial charge is 0.469 e. The van der Waals surface area contributed by atoms with Crippen LogP contribution in [0.1, 0.15) is 5.56 Å². The summed E-state index contributed by atoms with van der Waals surface area (Å²) in [4.78, 5) is 21.5. The van der Waals surface area contributed by atoms with Crippen LogP contribution in [0.2, 0.25) is 0 Å². The molecule has 0 aliphatic rings. The first-order valence-electron chi connectivity index (χ1n) is 5.93. The first-order valence-corrected chi connectivity index (χ1v) is 7.41. The minimum Gasteiger partial charge on any atom is -0.469 e. The zero-order valence-corrected chi connectivity index (χ0v) is 12.2. The second kappa shape index (κ2) is 7.60. The van der Waals surface area contributed by atoms with E-state index in [1.165, 1.54) is 31.4 Å². The lowest BCUT2D eigenvalue weighted by atomic mass is 10.2. The van der Waals surface area contributed by atoms with Crippen molar-refractivity contribution in [1.82, 2.24) is 4.72 Å². The molecule has 1 amide bonds. The summed E-state index contributed by atoms with van der Waals surface area (Å²) < 4.78 is 35.0. The Balaban J connectivity index is 2.62. The molecule has 0 bridgehead atoms. The molecule has 8 nitrogen and oxygen atoms in total. The molecule has 116 valence electrons. The summed E-state index contributed by atoms with van der Waals surface area (Å²) in [6.45, 7) is -0.246. The van der Waals surface area contributed by atoms with Gasteiger partial charge in [-0.05, 0) is 17.7 Å². The van der Waals surface area contributed by atoms with Gasteiger partial charge in [-0.3, -0.25) is 4.79 Å². The molecule has 0 fully saturated rings. The van der Waals surface area contributed by atoms with Crippen molar-refractivity contribution in [3.8, 4) is 0 Å². The molecule has 0 aromatic heterocycles. The molecule has 3 N–H and O–H groups in total. The summed E-state index contributed by atoms with van der Waals surface area (Å²) in [6.07, 6.45) is -0.905. The number of methoxy groups -OCH3 is 1. The maximum Gasteiger partial charge on any atom is 0.404 e. The van der Waals surface area contributed by atoms with Gasteiger partial charge >= 0.3 is 12.1 Å². The van der Waals surface area contributed by atoms with E-state index in [2.05, 4.69) is 14.2 Å². The van der Waals surface area contributed by atoms with Gasteiger partial charge in [0.15, 0.2) is 0 Å². The van der Waals surface area contributed by atoms with Crippen LogP contribution in [-0.4, -0.2) is 40.7 Å². The molecule has 0 unspecified atom stereocenters. The Bertz CT molecular complexity index is 597. The van der Waals surface area contributed by atoms with E-state index in [-0.39, 0.29) is 24.5 Å². The van der Waals surface area contributed by atoms with Crippen LogP contribution < -0.4 is 10.5 Å². The molecule has 1 aromatic carbocycles. The zero-order chi connectivity index (χ0) is 15.9. The summed E-state index contributed by atoms with van der Waals surface area (Å²) in [6, 6.07) is 5.78. The Kier molecular flexibility index (Phi) is 6.12. The lowest BCUT2D eigenvalue weighted by Crippen LogP contribution is -2.29. The quantitative estimate of drug-likeness (QED) is 0.529. The van der Waals surface area contributed by atoms with Crippen LogP contribution >= 0.6 is 0 Å². The van der Waals surface area contributed by atoms with Crippen molar-refractivity contribution < 1.29 is 27.5 Å². The number of carbonyl (C=O) groups excluding carboxylic acids is 2. The average molecular weight is 316 g/mol. The molecule has 0 saturated carbocycles. The molecule has 0 atom stereocenters. The Morgan fingerprint density at radius 2 is 1.86 bits per heavy atom. The number of hydrogen-bond donors (Lipinski definition) is 2. The van der Waals surface area contributed by atoms with Crippen molar-refractivity contribution in [3.05, 3.63) is 29.8 Å². The number of nitrogens with two attached hydrogens (primary N) is 1. The normalized spacial score (nSPS) is 10.9. The highest BCUT2D eigenvalue weighted by Gasteiger charge is 2.13. The van der Waals surface area contributed by atoms with E-state index in [9.17, 15) is 18.0 Å². The highest BCUT2D eigenvalue weighted by molar-refractivity contribution is 7.89. The lowest BCUT2D eigenvalue weighted by Gasteiger charge is -2.07. The third-order valence-corrected chi connectivity index (χ3v) is 3.93. The van der Waals surface area contributed by atoms with Crippen LogP contribution in [0.3, 0.4) is 0 Å². The highest BCUT2D eigenvalue weighted by atomic mass is 32.2. The predicted octanol–water partition coefficient (Wildman–Crippen LogP) is -0.224. The Morgan fingerprint density at radius 1 is 1.24 bits per heavy atom. The average Bonchev–Trinajstić information content (AvgIpc) is 2.44. The van der Waals surface area contributed by atoms with Crippen molar-refractivity contribution >= 4 is 22.1 Å². The summed E-state index contributed by atoms with van der Waals surface area (Å²) in [7, 11) is -2.43. The van der Waals surface area contributed by atoms with E-state index in [0.29, 0.717) is 5.56 Å². The molecule has 0 heterocycles. The number of rotatable bonds is 7. The van der Waals surface area contributed by atoms with Crippen molar-refractivity contribution in [2.75, 3.05) is 20.3 Å². The summed E-state index contributed by atoms with van der Waals surface area (Å²) in [5.74, 6) is -0.410. The van der Waals surface area contributed by atoms with E-state index < -0.39 is 22.1 Å². The van der Waals surface area contributed by atoms with Crippen molar-refractivity contribution in [2.45, 2.75) is 11.3 Å². The molecule has 0 saturated heterocycles. The number of sulfonamides is 1. The van der Waals surface area contributed by atoms with Gasteiger partial charge in [-0.2, -0.15) is 0 Å². The number of ether oxygens (including phenoxy) is 2. The van der Waals surface area contributed by atoms with Gasteiger partial charge in [-0.15, -0.1) is 0 Å². The zero-order valence-electron chi connectivity index (χ0n) is 11.4. The number of primary amides is 1. The van der Waals surface area contributed by atoms with Crippen LogP contribution in [0.4, 0.5) is 4.79 Å². The van der Waals surface area contributed by atoms with Crippen LogP contribution in [0, 0.1) is 0 Å². The van der Waals surface area contributed by atoms with Gasteiger partial charge in [0.05, 0.1) is 18.4 Å². The smallest absolute Gasteiger partial charge is 0.404 e. The van der Waals surface area contributed by atoms with Crippen molar-refractivity contribution in [1.29, 1.82) is 0 Å². The second-order valence-electron chi connectivity index (χ2n) is 3.96. The van der Waals surface area contributed by atoms with Gasteiger partial charge in [0.2, 0.25) is 10.0 Å². The Labute approximate surface area is 122 Å². The van der Waals surface area contributed by atoms with Gasteiger partial charge in [-0.1, -0.05) is 12.1 Å². The highest BCUT2D eigenvalue weighted by Crippen LogP contribution is 2.11. The first kappa shape index (κ1) is 16.9. The monoisotopic (exact) mass is 316 g/mol. The number of nitrogens with one attached hydrogen (secondary N) is 1. The number of hydrogen-bond acceptors (Lipinski definition) is 6. The van der Waals surface area contributed by atoms with Gasteiger partial charge < -0.3 is 15.2 Å². The van der Waals surface area contributed by atoms with Crippen molar-refractivity contribution in [2.24, 2.45) is 5.73 Å². The number of amides is 1. The number of carbonyl (C=O) groups is 2. The van der Waals surface area contributed by atoms with Crippen molar-refractivity contribution in [3.63, 3.8) is 0 Å². The molecule has 0 aliphatic heterocycles. The SMILES string of the molecule is COC(=O)Cc1ccc(S(=O)(=O)NCCOC(N)=O)cc1. The standard InChI is InChI=1S/C12H16N2O6S/c1-19-11(15)8-9-2-4-10(5-3-9)21(17,18)14-6-7-20-12(13)16/h2-5,14H,6-8H2,1H3,(H2,13,16). The van der Waals surface area contributed by atoms with Gasteiger partial charge in [0.25, 0.3) is 0 Å². The maximum absolute atomic E-state index is 11.9. The van der Waals surface area contributed by atoms with Crippen LogP contribution in [0.5, 0.6) is 0 Å². The molecule has 0 spiro atoms. The Hall–Kier alpha value is -2.13. The molecule has 21 heavy (non-hydrogen) atoms. The maximum atomic E-state index is 11.9. The third-order valence-electron chi connectivity index (χ3n) is 2.45. The minimum atomic E-state index is -3.71. The van der Waals surface area contributed by atoms with E-state index in [0.717, 1.165) is 0 Å². The molecular formula is C12H16N2O6S. The fraction of sp³-hybridized carbons (Fsp3) is 0.333. The van der Waals surface area contributed by atoms with E-state index in [4.69, 9.17) is 5.73 Å². The van der Waals surface area contributed by atoms with E-state index >= 15 is 0 Å². The first-order chi connectivity index (χ1) is 9.85.